The van der Waals surface area contributed by atoms with Crippen molar-refractivity contribution in [2.75, 3.05) is 0 Å². The number of furan rings is 1. The summed E-state index contributed by atoms with van der Waals surface area (Å²) in [5.41, 5.74) is 0.348. The lowest BCUT2D eigenvalue weighted by molar-refractivity contribution is -0.0499. The van der Waals surface area contributed by atoms with Crippen molar-refractivity contribution in [1.82, 2.24) is 0 Å². The van der Waals surface area contributed by atoms with Crippen molar-refractivity contribution in [3.8, 4) is 17.1 Å². The van der Waals surface area contributed by atoms with Gasteiger partial charge in [-0.2, -0.15) is 8.78 Å². The van der Waals surface area contributed by atoms with E-state index >= 15 is 0 Å². The summed E-state index contributed by atoms with van der Waals surface area (Å²) in [5.74, 6) is -0.510. The molecular formula is C11H7F3O2. The minimum absolute atomic E-state index is 0.235. The van der Waals surface area contributed by atoms with Crippen molar-refractivity contribution in [2.45, 2.75) is 6.61 Å². The molecule has 0 N–H and O–H groups in total. The number of hydrogen-bond donors (Lipinski definition) is 0. The number of halogens is 3. The normalized spacial score (nSPS) is 10.8. The molecule has 84 valence electrons. The molecule has 0 amide bonds. The van der Waals surface area contributed by atoms with E-state index in [9.17, 15) is 13.2 Å². The first-order valence-corrected chi connectivity index (χ1v) is 4.44. The Labute approximate surface area is 89.3 Å². The fourth-order valence-electron chi connectivity index (χ4n) is 1.32. The smallest absolute Gasteiger partial charge is 0.387 e. The highest BCUT2D eigenvalue weighted by atomic mass is 19.3. The fourth-order valence-corrected chi connectivity index (χ4v) is 1.32. The van der Waals surface area contributed by atoms with E-state index in [0.29, 0.717) is 11.3 Å². The second-order valence-corrected chi connectivity index (χ2v) is 3.03. The van der Waals surface area contributed by atoms with Gasteiger partial charge in [-0.05, 0) is 24.3 Å². The largest absolute Gasteiger partial charge is 0.464 e. The number of hydrogen-bond acceptors (Lipinski definition) is 2. The fraction of sp³-hybridized carbons (Fsp3) is 0.0909. The van der Waals surface area contributed by atoms with E-state index in [0.717, 1.165) is 6.07 Å². The number of alkyl halides is 2. The molecule has 1 heterocycles. The van der Waals surface area contributed by atoms with Crippen LogP contribution in [0.4, 0.5) is 13.2 Å². The summed E-state index contributed by atoms with van der Waals surface area (Å²) in [6.07, 6.45) is 1.41. The Morgan fingerprint density at radius 1 is 1.19 bits per heavy atom. The molecule has 0 saturated carbocycles. The average Bonchev–Trinajstić information content (AvgIpc) is 2.67. The molecule has 0 bridgehead atoms. The first-order valence-electron chi connectivity index (χ1n) is 4.44. The van der Waals surface area contributed by atoms with Crippen LogP contribution < -0.4 is 4.74 Å². The third-order valence-electron chi connectivity index (χ3n) is 1.90. The molecule has 0 fully saturated rings. The molecule has 2 aromatic rings. The summed E-state index contributed by atoms with van der Waals surface area (Å²) < 4.78 is 46.2. The maximum Gasteiger partial charge on any atom is 0.387 e. The van der Waals surface area contributed by atoms with E-state index in [4.69, 9.17) is 4.42 Å². The van der Waals surface area contributed by atoms with E-state index in [1.807, 2.05) is 0 Å². The molecule has 2 nitrogen and oxygen atoms in total. The third-order valence-corrected chi connectivity index (χ3v) is 1.90. The van der Waals surface area contributed by atoms with E-state index < -0.39 is 12.4 Å². The molecule has 0 aliphatic rings. The van der Waals surface area contributed by atoms with Gasteiger partial charge < -0.3 is 9.15 Å². The van der Waals surface area contributed by atoms with Crippen molar-refractivity contribution in [2.24, 2.45) is 0 Å². The monoisotopic (exact) mass is 228 g/mol. The predicted molar refractivity (Wildman–Crippen MR) is 50.7 cm³/mol. The van der Waals surface area contributed by atoms with Gasteiger partial charge in [0.1, 0.15) is 17.3 Å². The van der Waals surface area contributed by atoms with Crippen LogP contribution in [0.3, 0.4) is 0 Å². The summed E-state index contributed by atoms with van der Waals surface area (Å²) in [7, 11) is 0. The zero-order valence-electron chi connectivity index (χ0n) is 7.99. The van der Waals surface area contributed by atoms with Crippen LogP contribution in [0.2, 0.25) is 0 Å². The SMILES string of the molecule is Fc1cc(OC(F)F)cc(-c2ccco2)c1. The standard InChI is InChI=1S/C11H7F3O2/c12-8-4-7(10-2-1-3-15-10)5-9(6-8)16-11(13)14/h1-6,11H. The molecule has 0 aliphatic heterocycles. The molecule has 0 atom stereocenters. The van der Waals surface area contributed by atoms with E-state index in [2.05, 4.69) is 4.74 Å². The van der Waals surface area contributed by atoms with Crippen LogP contribution in [-0.2, 0) is 0 Å². The van der Waals surface area contributed by atoms with E-state index in [-0.39, 0.29) is 5.75 Å². The Balaban J connectivity index is 2.36. The van der Waals surface area contributed by atoms with Crippen LogP contribution in [0, 0.1) is 5.82 Å². The Morgan fingerprint density at radius 3 is 2.62 bits per heavy atom. The number of rotatable bonds is 3. The van der Waals surface area contributed by atoms with Gasteiger partial charge in [-0.25, -0.2) is 4.39 Å². The van der Waals surface area contributed by atoms with Gasteiger partial charge in [0, 0.05) is 11.6 Å². The summed E-state index contributed by atoms with van der Waals surface area (Å²) >= 11 is 0. The van der Waals surface area contributed by atoms with Crippen LogP contribution in [0.5, 0.6) is 5.75 Å². The molecule has 1 aromatic heterocycles. The minimum atomic E-state index is -2.98. The summed E-state index contributed by atoms with van der Waals surface area (Å²) in [5, 5.41) is 0. The summed E-state index contributed by atoms with van der Waals surface area (Å²) in [4.78, 5) is 0. The van der Waals surface area contributed by atoms with Gasteiger partial charge in [-0.3, -0.25) is 0 Å². The quantitative estimate of drug-likeness (QED) is 0.799. The van der Waals surface area contributed by atoms with Gasteiger partial charge in [0.05, 0.1) is 6.26 Å². The molecule has 2 rings (SSSR count). The Hall–Kier alpha value is -1.91. The highest BCUT2D eigenvalue weighted by Crippen LogP contribution is 2.26. The molecule has 5 heteroatoms. The summed E-state index contributed by atoms with van der Waals surface area (Å²) in [6.45, 7) is -2.98. The van der Waals surface area contributed by atoms with Crippen LogP contribution in [0.15, 0.2) is 41.0 Å². The number of ether oxygens (including phenoxy) is 1. The zero-order valence-corrected chi connectivity index (χ0v) is 7.99. The molecule has 1 aromatic carbocycles. The van der Waals surface area contributed by atoms with Crippen molar-refractivity contribution in [3.63, 3.8) is 0 Å². The van der Waals surface area contributed by atoms with Crippen LogP contribution in [0.25, 0.3) is 11.3 Å². The Kier molecular flexibility index (Phi) is 2.85. The maximum absolute atomic E-state index is 13.1. The molecule has 0 spiro atoms. The van der Waals surface area contributed by atoms with Gasteiger partial charge in [-0.1, -0.05) is 0 Å². The van der Waals surface area contributed by atoms with Gasteiger partial charge in [0.2, 0.25) is 0 Å². The van der Waals surface area contributed by atoms with Crippen molar-refractivity contribution in [3.05, 3.63) is 42.4 Å². The van der Waals surface area contributed by atoms with Crippen LogP contribution in [0.1, 0.15) is 0 Å². The first-order chi connectivity index (χ1) is 7.65. The van der Waals surface area contributed by atoms with E-state index in [1.165, 1.54) is 18.4 Å². The average molecular weight is 228 g/mol. The molecular weight excluding hydrogens is 221 g/mol. The van der Waals surface area contributed by atoms with Crippen molar-refractivity contribution < 1.29 is 22.3 Å². The molecule has 0 saturated heterocycles. The van der Waals surface area contributed by atoms with Crippen LogP contribution >= 0.6 is 0 Å². The Morgan fingerprint density at radius 2 is 2.00 bits per heavy atom. The first kappa shape index (κ1) is 10.6. The lowest BCUT2D eigenvalue weighted by Crippen LogP contribution is -2.02. The van der Waals surface area contributed by atoms with Gasteiger partial charge in [0.25, 0.3) is 0 Å². The van der Waals surface area contributed by atoms with Crippen LogP contribution in [-0.4, -0.2) is 6.61 Å². The summed E-state index contributed by atoms with van der Waals surface area (Å²) in [6, 6.07) is 6.57. The molecule has 16 heavy (non-hydrogen) atoms. The predicted octanol–water partition coefficient (Wildman–Crippen LogP) is 3.69. The zero-order chi connectivity index (χ0) is 11.5. The lowest BCUT2D eigenvalue weighted by Gasteiger charge is -2.06. The third kappa shape index (κ3) is 2.36. The van der Waals surface area contributed by atoms with Gasteiger partial charge in [-0.15, -0.1) is 0 Å². The van der Waals surface area contributed by atoms with Crippen molar-refractivity contribution in [1.29, 1.82) is 0 Å². The van der Waals surface area contributed by atoms with E-state index in [1.54, 1.807) is 12.1 Å². The Bertz CT molecular complexity index is 466. The topological polar surface area (TPSA) is 22.4 Å². The second kappa shape index (κ2) is 4.30. The second-order valence-electron chi connectivity index (χ2n) is 3.03. The number of benzene rings is 1. The highest BCUT2D eigenvalue weighted by molar-refractivity contribution is 5.59. The molecule has 0 unspecified atom stereocenters. The lowest BCUT2D eigenvalue weighted by atomic mass is 10.1. The van der Waals surface area contributed by atoms with Crippen molar-refractivity contribution >= 4 is 0 Å². The van der Waals surface area contributed by atoms with Gasteiger partial charge in [0.15, 0.2) is 0 Å². The maximum atomic E-state index is 13.1. The highest BCUT2D eigenvalue weighted by Gasteiger charge is 2.09. The van der Waals surface area contributed by atoms with Gasteiger partial charge >= 0.3 is 6.61 Å². The molecule has 0 radical (unpaired) electrons. The minimum Gasteiger partial charge on any atom is -0.464 e. The molecule has 0 aliphatic carbocycles.